The van der Waals surface area contributed by atoms with Crippen LogP contribution in [0.15, 0.2) is 12.4 Å². The Balaban J connectivity index is 2.01. The van der Waals surface area contributed by atoms with Crippen LogP contribution in [0.25, 0.3) is 0 Å². The number of hydrogen-bond donors (Lipinski definition) is 3. The van der Waals surface area contributed by atoms with Crippen LogP contribution in [0, 0.1) is 5.41 Å². The van der Waals surface area contributed by atoms with Crippen molar-refractivity contribution < 1.29 is 4.79 Å². The molecular formula is C12H20N4O. The zero-order valence-corrected chi connectivity index (χ0v) is 10.4. The predicted octanol–water partition coefficient (Wildman–Crippen LogP) is 0.977. The number of carbonyl (C=O) groups is 1. The highest BCUT2D eigenvalue weighted by Crippen LogP contribution is 2.30. The van der Waals surface area contributed by atoms with Gasteiger partial charge in [-0.2, -0.15) is 0 Å². The molecule has 2 unspecified atom stereocenters. The molecule has 17 heavy (non-hydrogen) atoms. The lowest BCUT2D eigenvalue weighted by molar-refractivity contribution is -0.131. The van der Waals surface area contributed by atoms with E-state index in [1.54, 1.807) is 12.4 Å². The molecule has 0 radical (unpaired) electrons. The Kier molecular flexibility index (Phi) is 3.47. The Morgan fingerprint density at radius 3 is 3.06 bits per heavy atom. The summed E-state index contributed by atoms with van der Waals surface area (Å²) in [5, 5.41) is 6.31. The number of carbonyl (C=O) groups excluding carboxylic acids is 1. The number of amides is 1. The van der Waals surface area contributed by atoms with Gasteiger partial charge in [0.05, 0.1) is 11.5 Å². The third-order valence-electron chi connectivity index (χ3n) is 3.68. The van der Waals surface area contributed by atoms with Gasteiger partial charge in [-0.05, 0) is 26.3 Å². The van der Waals surface area contributed by atoms with Gasteiger partial charge in [-0.1, -0.05) is 6.92 Å². The van der Waals surface area contributed by atoms with E-state index in [4.69, 9.17) is 0 Å². The molecule has 0 saturated carbocycles. The molecule has 2 atom stereocenters. The molecule has 3 N–H and O–H groups in total. The molecule has 94 valence electrons. The van der Waals surface area contributed by atoms with Gasteiger partial charge in [-0.15, -0.1) is 0 Å². The van der Waals surface area contributed by atoms with Crippen LogP contribution >= 0.6 is 0 Å². The van der Waals surface area contributed by atoms with Crippen LogP contribution in [0.5, 0.6) is 0 Å². The first-order valence-electron chi connectivity index (χ1n) is 6.19. The second-order valence-corrected chi connectivity index (χ2v) is 4.73. The summed E-state index contributed by atoms with van der Waals surface area (Å²) >= 11 is 0. The van der Waals surface area contributed by atoms with Gasteiger partial charge in [0.1, 0.15) is 5.82 Å². The summed E-state index contributed by atoms with van der Waals surface area (Å²) in [5.41, 5.74) is -0.235. The normalized spacial score (nSPS) is 25.8. The minimum Gasteiger partial charge on any atom is -0.347 e. The molecule has 1 aliphatic rings. The molecule has 2 heterocycles. The number of aromatic nitrogens is 2. The highest BCUT2D eigenvalue weighted by atomic mass is 16.2. The molecule has 1 saturated heterocycles. The van der Waals surface area contributed by atoms with Gasteiger partial charge in [0, 0.05) is 18.9 Å². The average Bonchev–Trinajstić information content (AvgIpc) is 3.01. The molecule has 0 aromatic carbocycles. The molecule has 1 aliphatic heterocycles. The monoisotopic (exact) mass is 236 g/mol. The first-order valence-corrected chi connectivity index (χ1v) is 6.19. The van der Waals surface area contributed by atoms with Gasteiger partial charge < -0.3 is 15.6 Å². The van der Waals surface area contributed by atoms with Gasteiger partial charge in [0.15, 0.2) is 0 Å². The molecular weight excluding hydrogens is 216 g/mol. The number of aromatic amines is 1. The van der Waals surface area contributed by atoms with Crippen molar-refractivity contribution in [1.82, 2.24) is 20.6 Å². The van der Waals surface area contributed by atoms with Crippen LogP contribution in [0.1, 0.15) is 38.6 Å². The van der Waals surface area contributed by atoms with Crippen molar-refractivity contribution in [2.24, 2.45) is 5.41 Å². The molecule has 0 spiro atoms. The predicted molar refractivity (Wildman–Crippen MR) is 65.4 cm³/mol. The first kappa shape index (κ1) is 12.1. The molecule has 1 aromatic heterocycles. The van der Waals surface area contributed by atoms with E-state index in [1.807, 2.05) is 6.92 Å². The fourth-order valence-electron chi connectivity index (χ4n) is 2.33. The minimum absolute atomic E-state index is 0.0680. The van der Waals surface area contributed by atoms with Gasteiger partial charge in [0.25, 0.3) is 0 Å². The summed E-state index contributed by atoms with van der Waals surface area (Å²) in [6.07, 6.45) is 5.26. The molecule has 0 bridgehead atoms. The lowest BCUT2D eigenvalue weighted by Crippen LogP contribution is -2.43. The molecule has 5 heteroatoms. The Bertz CT molecular complexity index is 368. The van der Waals surface area contributed by atoms with Crippen LogP contribution in [0.4, 0.5) is 0 Å². The summed E-state index contributed by atoms with van der Waals surface area (Å²) in [5.74, 6) is 0.935. The number of H-pyrrole nitrogens is 1. The maximum atomic E-state index is 12.3. The van der Waals surface area contributed by atoms with E-state index < -0.39 is 0 Å². The number of hydrogen-bond acceptors (Lipinski definition) is 3. The van der Waals surface area contributed by atoms with Crippen molar-refractivity contribution in [1.29, 1.82) is 0 Å². The summed E-state index contributed by atoms with van der Waals surface area (Å²) in [4.78, 5) is 19.5. The van der Waals surface area contributed by atoms with Crippen LogP contribution in [-0.2, 0) is 4.79 Å². The van der Waals surface area contributed by atoms with Crippen LogP contribution in [0.2, 0.25) is 0 Å². The molecule has 1 fully saturated rings. The summed E-state index contributed by atoms with van der Waals surface area (Å²) < 4.78 is 0. The topological polar surface area (TPSA) is 69.8 Å². The van der Waals surface area contributed by atoms with E-state index in [1.165, 1.54) is 0 Å². The van der Waals surface area contributed by atoms with Gasteiger partial charge in [0.2, 0.25) is 5.91 Å². The molecule has 2 rings (SSSR count). The average molecular weight is 236 g/mol. The Morgan fingerprint density at radius 1 is 1.71 bits per heavy atom. The Morgan fingerprint density at radius 2 is 2.53 bits per heavy atom. The maximum absolute atomic E-state index is 12.3. The van der Waals surface area contributed by atoms with E-state index in [2.05, 4.69) is 27.5 Å². The SMILES string of the molecule is CCC1(C(=O)NC(C)c2ncc[nH]2)CCNC1. The lowest BCUT2D eigenvalue weighted by Gasteiger charge is -2.26. The van der Waals surface area contributed by atoms with Crippen molar-refractivity contribution >= 4 is 5.91 Å². The molecule has 1 aromatic rings. The van der Waals surface area contributed by atoms with Crippen molar-refractivity contribution in [3.63, 3.8) is 0 Å². The first-order chi connectivity index (χ1) is 8.18. The fourth-order valence-corrected chi connectivity index (χ4v) is 2.33. The molecule has 0 aliphatic carbocycles. The second kappa shape index (κ2) is 4.87. The Hall–Kier alpha value is -1.36. The third kappa shape index (κ3) is 2.34. The van der Waals surface area contributed by atoms with E-state index in [9.17, 15) is 4.79 Å². The quantitative estimate of drug-likeness (QED) is 0.729. The van der Waals surface area contributed by atoms with E-state index in [0.717, 1.165) is 31.8 Å². The zero-order valence-electron chi connectivity index (χ0n) is 10.4. The van der Waals surface area contributed by atoms with Crippen molar-refractivity contribution in [2.75, 3.05) is 13.1 Å². The summed E-state index contributed by atoms with van der Waals surface area (Å²) in [7, 11) is 0. The van der Waals surface area contributed by atoms with Crippen molar-refractivity contribution in [3.05, 3.63) is 18.2 Å². The fraction of sp³-hybridized carbons (Fsp3) is 0.667. The van der Waals surface area contributed by atoms with E-state index >= 15 is 0 Å². The molecule has 1 amide bonds. The van der Waals surface area contributed by atoms with Gasteiger partial charge in [-0.3, -0.25) is 4.79 Å². The highest BCUT2D eigenvalue weighted by Gasteiger charge is 2.39. The number of nitrogens with one attached hydrogen (secondary N) is 3. The van der Waals surface area contributed by atoms with Crippen molar-refractivity contribution in [3.8, 4) is 0 Å². The second-order valence-electron chi connectivity index (χ2n) is 4.73. The largest absolute Gasteiger partial charge is 0.347 e. The number of imidazole rings is 1. The van der Waals surface area contributed by atoms with Crippen molar-refractivity contribution in [2.45, 2.75) is 32.7 Å². The molecule has 5 nitrogen and oxygen atoms in total. The van der Waals surface area contributed by atoms with Crippen LogP contribution in [-0.4, -0.2) is 29.0 Å². The standard InChI is InChI=1S/C12H20N4O/c1-3-12(4-5-13-8-12)11(17)16-9(2)10-14-6-7-15-10/h6-7,9,13H,3-5,8H2,1-2H3,(H,14,15)(H,16,17). The van der Waals surface area contributed by atoms with E-state index in [0.29, 0.717) is 0 Å². The minimum atomic E-state index is -0.235. The summed E-state index contributed by atoms with van der Waals surface area (Å²) in [6, 6.07) is -0.0680. The van der Waals surface area contributed by atoms with Crippen LogP contribution in [0.3, 0.4) is 0 Å². The highest BCUT2D eigenvalue weighted by molar-refractivity contribution is 5.83. The zero-order chi connectivity index (χ0) is 12.3. The van der Waals surface area contributed by atoms with Gasteiger partial charge in [-0.25, -0.2) is 4.98 Å². The lowest BCUT2D eigenvalue weighted by atomic mass is 9.83. The van der Waals surface area contributed by atoms with Crippen LogP contribution < -0.4 is 10.6 Å². The van der Waals surface area contributed by atoms with E-state index in [-0.39, 0.29) is 17.4 Å². The smallest absolute Gasteiger partial charge is 0.228 e. The maximum Gasteiger partial charge on any atom is 0.228 e. The summed E-state index contributed by atoms with van der Waals surface area (Å²) in [6.45, 7) is 5.73. The Labute approximate surface area is 101 Å². The van der Waals surface area contributed by atoms with Gasteiger partial charge >= 0.3 is 0 Å². The number of nitrogens with zero attached hydrogens (tertiary/aromatic N) is 1. The number of rotatable bonds is 4. The third-order valence-corrected chi connectivity index (χ3v) is 3.68.